The molecule has 38 heavy (non-hydrogen) atoms. The molecule has 0 N–H and O–H groups in total. The fourth-order valence-corrected chi connectivity index (χ4v) is 8.80. The number of ether oxygens (including phenoxy) is 2. The van der Waals surface area contributed by atoms with E-state index in [1.807, 2.05) is 0 Å². The number of halogens is 1. The van der Waals surface area contributed by atoms with Gasteiger partial charge in [-0.15, -0.1) is 11.3 Å². The number of fused-ring (bicyclic) bond motifs is 1. The van der Waals surface area contributed by atoms with Crippen LogP contribution >= 0.6 is 34.3 Å². The van der Waals surface area contributed by atoms with E-state index in [9.17, 15) is 13.2 Å². The lowest BCUT2D eigenvalue weighted by Gasteiger charge is -2.33. The minimum Gasteiger partial charge on any atom is -0.494 e. The van der Waals surface area contributed by atoms with Gasteiger partial charge in [-0.3, -0.25) is 14.6 Å². The largest absolute Gasteiger partial charge is 0.494 e. The Morgan fingerprint density at radius 2 is 1.97 bits per heavy atom. The molecule has 3 aromatic rings. The zero-order valence-corrected chi connectivity index (χ0v) is 24.4. The van der Waals surface area contributed by atoms with E-state index >= 15 is 0 Å². The number of carbonyl (C=O) groups excluding carboxylic acids is 1. The van der Waals surface area contributed by atoms with Crippen LogP contribution in [-0.4, -0.2) is 88.1 Å². The summed E-state index contributed by atoms with van der Waals surface area (Å²) in [4.78, 5) is 22.8. The number of morpholine rings is 1. The van der Waals surface area contributed by atoms with Gasteiger partial charge in [0.1, 0.15) is 15.5 Å². The lowest BCUT2D eigenvalue weighted by molar-refractivity contribution is -0.123. The Labute approximate surface area is 236 Å². The number of hydrogen-bond donors (Lipinski definition) is 0. The smallest absolute Gasteiger partial charge is 0.252 e. The van der Waals surface area contributed by atoms with Crippen molar-refractivity contribution in [3.63, 3.8) is 0 Å². The monoisotopic (exact) mass is 598 g/mol. The summed E-state index contributed by atoms with van der Waals surface area (Å²) in [6.07, 6.45) is 1.73. The van der Waals surface area contributed by atoms with Gasteiger partial charge in [0.2, 0.25) is 5.91 Å². The molecule has 2 aromatic heterocycles. The van der Waals surface area contributed by atoms with Crippen LogP contribution in [0.2, 0.25) is 5.02 Å². The summed E-state index contributed by atoms with van der Waals surface area (Å²) in [7, 11) is -1.94. The second-order valence-electron chi connectivity index (χ2n) is 9.33. The minimum absolute atomic E-state index is 0.0192. The highest BCUT2D eigenvalue weighted by atomic mass is 35.5. The lowest BCUT2D eigenvalue weighted by atomic mass is 9.96. The molecule has 1 aromatic carbocycles. The number of nitrogens with zero attached hydrogens (tertiary/aromatic N) is 4. The van der Waals surface area contributed by atoms with Crippen molar-refractivity contribution in [1.29, 1.82) is 0 Å². The Bertz CT molecular complexity index is 1350. The van der Waals surface area contributed by atoms with E-state index in [4.69, 9.17) is 26.1 Å². The number of piperidine rings is 1. The maximum atomic E-state index is 13.9. The van der Waals surface area contributed by atoms with Crippen LogP contribution in [0.15, 0.2) is 33.9 Å². The maximum Gasteiger partial charge on any atom is 0.252 e. The topological polar surface area (TPSA) is 92.3 Å². The molecule has 0 unspecified atom stereocenters. The number of benzene rings is 1. The van der Waals surface area contributed by atoms with Gasteiger partial charge in [-0.1, -0.05) is 29.0 Å². The number of hydrogen-bond acceptors (Lipinski definition) is 9. The molecule has 9 nitrogen and oxygen atoms in total. The first-order valence-electron chi connectivity index (χ1n) is 12.7. The summed E-state index contributed by atoms with van der Waals surface area (Å²) in [6.45, 7) is 5.24. The quantitative estimate of drug-likeness (QED) is 0.365. The summed E-state index contributed by atoms with van der Waals surface area (Å²) < 4.78 is 39.5. The van der Waals surface area contributed by atoms with Crippen LogP contribution in [0, 0.1) is 5.92 Å². The molecule has 4 heterocycles. The van der Waals surface area contributed by atoms with Crippen molar-refractivity contribution in [2.24, 2.45) is 5.92 Å². The lowest BCUT2D eigenvalue weighted by Crippen LogP contribution is -2.45. The molecular formula is C25H31ClN4O5S3. The average molecular weight is 599 g/mol. The van der Waals surface area contributed by atoms with Gasteiger partial charge >= 0.3 is 0 Å². The number of anilines is 1. The number of methoxy groups -OCH3 is 1. The zero-order valence-electron chi connectivity index (χ0n) is 21.2. The van der Waals surface area contributed by atoms with Crippen LogP contribution in [0.3, 0.4) is 0 Å². The highest BCUT2D eigenvalue weighted by Crippen LogP contribution is 2.39. The van der Waals surface area contributed by atoms with Crippen LogP contribution in [0.1, 0.15) is 19.3 Å². The third-order valence-electron chi connectivity index (χ3n) is 7.02. The van der Waals surface area contributed by atoms with Crippen molar-refractivity contribution >= 4 is 65.6 Å². The number of sulfonamides is 1. The van der Waals surface area contributed by atoms with Gasteiger partial charge in [-0.05, 0) is 42.8 Å². The second kappa shape index (κ2) is 12.2. The van der Waals surface area contributed by atoms with Crippen molar-refractivity contribution in [3.05, 3.63) is 34.7 Å². The fourth-order valence-electron chi connectivity index (χ4n) is 4.90. The summed E-state index contributed by atoms with van der Waals surface area (Å²) >= 11 is 9.07. The Morgan fingerprint density at radius 3 is 2.66 bits per heavy atom. The van der Waals surface area contributed by atoms with E-state index in [-0.39, 0.29) is 11.8 Å². The first-order valence-corrected chi connectivity index (χ1v) is 16.2. The van der Waals surface area contributed by atoms with E-state index in [2.05, 4.69) is 4.90 Å². The van der Waals surface area contributed by atoms with Gasteiger partial charge in [0.05, 0.1) is 30.0 Å². The number of aromatic nitrogens is 1. The number of carbonyl (C=O) groups is 1. The third kappa shape index (κ3) is 5.86. The highest BCUT2D eigenvalue weighted by Gasteiger charge is 2.35. The predicted molar refractivity (Wildman–Crippen MR) is 151 cm³/mol. The molecule has 0 bridgehead atoms. The van der Waals surface area contributed by atoms with Crippen molar-refractivity contribution in [2.45, 2.75) is 23.5 Å². The van der Waals surface area contributed by atoms with Gasteiger partial charge in [-0.2, -0.15) is 4.31 Å². The molecule has 2 aliphatic heterocycles. The fraction of sp³-hybridized carbons (Fsp3) is 0.520. The summed E-state index contributed by atoms with van der Waals surface area (Å²) in [5.41, 5.74) is 0.642. The Morgan fingerprint density at radius 1 is 1.21 bits per heavy atom. The highest BCUT2D eigenvalue weighted by molar-refractivity contribution is 7.91. The number of thiophene rings is 1. The number of thiazole rings is 1. The first kappa shape index (κ1) is 27.8. The average Bonchev–Trinajstić information content (AvgIpc) is 3.64. The summed E-state index contributed by atoms with van der Waals surface area (Å²) in [5, 5.41) is 2.92. The SMILES string of the molecule is COc1ccc(Cl)c2sc(N(CCCN3CCOCC3)C(=O)C3CCN(S(=O)(=O)c4cccs4)CC3)nc12. The van der Waals surface area contributed by atoms with Crippen LogP contribution in [-0.2, 0) is 19.6 Å². The van der Waals surface area contributed by atoms with E-state index < -0.39 is 10.0 Å². The molecule has 0 spiro atoms. The van der Waals surface area contributed by atoms with Gasteiger partial charge in [0, 0.05) is 45.2 Å². The first-order chi connectivity index (χ1) is 18.4. The maximum absolute atomic E-state index is 13.9. The molecule has 206 valence electrons. The van der Waals surface area contributed by atoms with Crippen LogP contribution in [0.25, 0.3) is 10.2 Å². The Balaban J connectivity index is 1.34. The van der Waals surface area contributed by atoms with Gasteiger partial charge < -0.3 is 9.47 Å². The van der Waals surface area contributed by atoms with E-state index in [1.165, 1.54) is 27.0 Å². The van der Waals surface area contributed by atoms with Crippen molar-refractivity contribution in [2.75, 3.05) is 64.5 Å². The number of rotatable bonds is 9. The molecule has 0 aliphatic carbocycles. The van der Waals surface area contributed by atoms with Gasteiger partial charge in [-0.25, -0.2) is 13.4 Å². The third-order valence-corrected chi connectivity index (χ3v) is 11.8. The number of amides is 1. The van der Waals surface area contributed by atoms with E-state index in [1.54, 1.807) is 41.7 Å². The van der Waals surface area contributed by atoms with Crippen LogP contribution in [0.5, 0.6) is 5.75 Å². The van der Waals surface area contributed by atoms with Crippen LogP contribution < -0.4 is 9.64 Å². The Kier molecular flexibility index (Phi) is 8.88. The van der Waals surface area contributed by atoms with Gasteiger partial charge in [0.25, 0.3) is 10.0 Å². The molecule has 0 atom stereocenters. The van der Waals surface area contributed by atoms with E-state index in [0.717, 1.165) is 44.0 Å². The zero-order chi connectivity index (χ0) is 26.7. The molecule has 2 saturated heterocycles. The molecule has 2 fully saturated rings. The van der Waals surface area contributed by atoms with E-state index in [0.29, 0.717) is 58.1 Å². The molecule has 13 heteroatoms. The van der Waals surface area contributed by atoms with Crippen molar-refractivity contribution in [1.82, 2.24) is 14.2 Å². The predicted octanol–water partition coefficient (Wildman–Crippen LogP) is 4.18. The van der Waals surface area contributed by atoms with Crippen molar-refractivity contribution in [3.8, 4) is 5.75 Å². The van der Waals surface area contributed by atoms with Gasteiger partial charge in [0.15, 0.2) is 5.13 Å². The summed E-state index contributed by atoms with van der Waals surface area (Å²) in [5.74, 6) is 0.312. The standard InChI is InChI=1S/C25H31ClN4O5S3/c1-34-20-6-5-19(26)23-22(20)27-25(37-23)30(10-3-9-28-13-15-35-16-14-28)24(31)18-7-11-29(12-8-18)38(32,33)21-4-2-17-36-21/h2,4-6,17-18H,3,7-16H2,1H3. The normalized spacial score (nSPS) is 18.2. The second-order valence-corrected chi connectivity index (χ2v) is 13.8. The van der Waals surface area contributed by atoms with Crippen LogP contribution in [0.4, 0.5) is 5.13 Å². The minimum atomic E-state index is -3.52. The molecule has 0 saturated carbocycles. The molecule has 2 aliphatic rings. The Hall–Kier alpha value is -1.80. The molecule has 0 radical (unpaired) electrons. The molecule has 5 rings (SSSR count). The summed E-state index contributed by atoms with van der Waals surface area (Å²) in [6, 6.07) is 6.92. The molecule has 1 amide bonds. The van der Waals surface area contributed by atoms with Crippen molar-refractivity contribution < 1.29 is 22.7 Å². The molecular weight excluding hydrogens is 568 g/mol.